The fourth-order valence-electron chi connectivity index (χ4n) is 4.93. The summed E-state index contributed by atoms with van der Waals surface area (Å²) in [5.41, 5.74) is 3.60. The highest BCUT2D eigenvalue weighted by Crippen LogP contribution is 2.26. The van der Waals surface area contributed by atoms with Crippen LogP contribution in [0.4, 0.5) is 0 Å². The average Bonchev–Trinajstić information content (AvgIpc) is 2.89. The SMILES string of the molecule is O=C(NC(c1ccccc1)c1ccccc1)C1CCN(Cc2cccc3ccccc23)CC1. The first-order valence-electron chi connectivity index (χ1n) is 11.9. The molecule has 4 aromatic carbocycles. The van der Waals surface area contributed by atoms with Gasteiger partial charge in [-0.3, -0.25) is 9.69 Å². The summed E-state index contributed by atoms with van der Waals surface area (Å²) in [6, 6.07) is 35.5. The van der Waals surface area contributed by atoms with E-state index in [9.17, 15) is 4.79 Å². The number of amides is 1. The molecule has 1 saturated heterocycles. The minimum atomic E-state index is -0.117. The van der Waals surface area contributed by atoms with Gasteiger partial charge in [0.25, 0.3) is 0 Å². The number of carbonyl (C=O) groups excluding carboxylic acids is 1. The van der Waals surface area contributed by atoms with Gasteiger partial charge in [-0.05, 0) is 53.4 Å². The van der Waals surface area contributed by atoms with Gasteiger partial charge in [0.05, 0.1) is 6.04 Å². The third-order valence-electron chi connectivity index (χ3n) is 6.78. The van der Waals surface area contributed by atoms with Gasteiger partial charge in [-0.25, -0.2) is 0 Å². The lowest BCUT2D eigenvalue weighted by atomic mass is 9.93. The molecule has 1 fully saturated rings. The normalized spacial score (nSPS) is 15.1. The number of rotatable bonds is 6. The first-order chi connectivity index (χ1) is 16.3. The molecule has 0 saturated carbocycles. The van der Waals surface area contributed by atoms with Crippen LogP contribution in [0.3, 0.4) is 0 Å². The fraction of sp³-hybridized carbons (Fsp3) is 0.233. The molecule has 3 heteroatoms. The monoisotopic (exact) mass is 434 g/mol. The molecule has 0 atom stereocenters. The number of likely N-dealkylation sites (tertiary alicyclic amines) is 1. The van der Waals surface area contributed by atoms with E-state index < -0.39 is 0 Å². The van der Waals surface area contributed by atoms with E-state index in [4.69, 9.17) is 0 Å². The van der Waals surface area contributed by atoms with Crippen molar-refractivity contribution in [3.8, 4) is 0 Å². The molecule has 0 aromatic heterocycles. The maximum absolute atomic E-state index is 13.3. The molecule has 0 bridgehead atoms. The molecule has 3 nitrogen and oxygen atoms in total. The Morgan fingerprint density at radius 3 is 2.00 bits per heavy atom. The Balaban J connectivity index is 1.23. The molecule has 0 radical (unpaired) electrons. The molecule has 1 amide bonds. The summed E-state index contributed by atoms with van der Waals surface area (Å²) in [4.78, 5) is 15.7. The molecule has 5 rings (SSSR count). The van der Waals surface area contributed by atoms with Crippen molar-refractivity contribution in [1.82, 2.24) is 10.2 Å². The van der Waals surface area contributed by atoms with Gasteiger partial charge in [-0.2, -0.15) is 0 Å². The first kappa shape index (κ1) is 21.4. The van der Waals surface area contributed by atoms with Crippen LogP contribution >= 0.6 is 0 Å². The van der Waals surface area contributed by atoms with Crippen molar-refractivity contribution in [2.75, 3.05) is 13.1 Å². The number of carbonyl (C=O) groups is 1. The summed E-state index contributed by atoms with van der Waals surface area (Å²) in [7, 11) is 0. The molecule has 1 aliphatic heterocycles. The minimum Gasteiger partial charge on any atom is -0.345 e. The molecule has 0 unspecified atom stereocenters. The third-order valence-corrected chi connectivity index (χ3v) is 6.78. The van der Waals surface area contributed by atoms with Gasteiger partial charge in [0, 0.05) is 12.5 Å². The summed E-state index contributed by atoms with van der Waals surface area (Å²) >= 11 is 0. The summed E-state index contributed by atoms with van der Waals surface area (Å²) in [6.07, 6.45) is 1.79. The zero-order valence-electron chi connectivity index (χ0n) is 18.9. The van der Waals surface area contributed by atoms with Crippen molar-refractivity contribution in [3.05, 3.63) is 120 Å². The summed E-state index contributed by atoms with van der Waals surface area (Å²) in [6.45, 7) is 2.83. The molecule has 1 N–H and O–H groups in total. The van der Waals surface area contributed by atoms with Gasteiger partial charge in [0.1, 0.15) is 0 Å². The molecule has 33 heavy (non-hydrogen) atoms. The van der Waals surface area contributed by atoms with Crippen molar-refractivity contribution in [2.45, 2.75) is 25.4 Å². The van der Waals surface area contributed by atoms with E-state index in [-0.39, 0.29) is 17.9 Å². The molecule has 4 aromatic rings. The van der Waals surface area contributed by atoms with Crippen LogP contribution in [0.25, 0.3) is 10.8 Å². The van der Waals surface area contributed by atoms with Crippen molar-refractivity contribution >= 4 is 16.7 Å². The zero-order valence-corrected chi connectivity index (χ0v) is 18.9. The number of nitrogens with zero attached hydrogens (tertiary/aromatic N) is 1. The predicted molar refractivity (Wildman–Crippen MR) is 135 cm³/mol. The number of nitrogens with one attached hydrogen (secondary N) is 1. The van der Waals surface area contributed by atoms with Crippen LogP contribution in [0.5, 0.6) is 0 Å². The lowest BCUT2D eigenvalue weighted by Gasteiger charge is -2.32. The Kier molecular flexibility index (Phi) is 6.50. The van der Waals surface area contributed by atoms with Crippen LogP contribution in [0.2, 0.25) is 0 Å². The summed E-state index contributed by atoms with van der Waals surface area (Å²) < 4.78 is 0. The predicted octanol–water partition coefficient (Wildman–Crippen LogP) is 5.96. The van der Waals surface area contributed by atoms with Gasteiger partial charge in [0.15, 0.2) is 0 Å². The second-order valence-corrected chi connectivity index (χ2v) is 8.95. The van der Waals surface area contributed by atoms with Crippen LogP contribution in [0, 0.1) is 5.92 Å². The van der Waals surface area contributed by atoms with E-state index in [0.29, 0.717) is 0 Å². The smallest absolute Gasteiger partial charge is 0.223 e. The fourth-order valence-corrected chi connectivity index (χ4v) is 4.93. The second kappa shape index (κ2) is 10.0. The third kappa shape index (κ3) is 4.99. The highest BCUT2D eigenvalue weighted by Gasteiger charge is 2.27. The Morgan fingerprint density at radius 2 is 1.33 bits per heavy atom. The number of fused-ring (bicyclic) bond motifs is 1. The maximum Gasteiger partial charge on any atom is 0.223 e. The highest BCUT2D eigenvalue weighted by atomic mass is 16.1. The lowest BCUT2D eigenvalue weighted by molar-refractivity contribution is -0.127. The van der Waals surface area contributed by atoms with Gasteiger partial charge in [0.2, 0.25) is 5.91 Å². The molecule has 1 heterocycles. The van der Waals surface area contributed by atoms with Gasteiger partial charge >= 0.3 is 0 Å². The van der Waals surface area contributed by atoms with Gasteiger partial charge < -0.3 is 5.32 Å². The van der Waals surface area contributed by atoms with E-state index in [1.165, 1.54) is 16.3 Å². The van der Waals surface area contributed by atoms with E-state index in [2.05, 4.69) is 76.9 Å². The van der Waals surface area contributed by atoms with E-state index >= 15 is 0 Å². The van der Waals surface area contributed by atoms with Crippen LogP contribution in [-0.4, -0.2) is 23.9 Å². The summed E-state index contributed by atoms with van der Waals surface area (Å²) in [5.74, 6) is 0.223. The van der Waals surface area contributed by atoms with Crippen LogP contribution in [-0.2, 0) is 11.3 Å². The standard InChI is InChI=1S/C30H30N2O/c33-30(31-29(24-11-3-1-4-12-24)25-13-5-2-6-14-25)26-18-20-32(21-19-26)22-27-16-9-15-23-10-7-8-17-28(23)27/h1-17,26,29H,18-22H2,(H,31,33). The van der Waals surface area contributed by atoms with Gasteiger partial charge in [-0.15, -0.1) is 0 Å². The Labute approximate surface area is 196 Å². The Hall–Kier alpha value is -3.43. The van der Waals surface area contributed by atoms with Crippen molar-refractivity contribution < 1.29 is 4.79 Å². The second-order valence-electron chi connectivity index (χ2n) is 8.95. The van der Waals surface area contributed by atoms with Crippen molar-refractivity contribution in [3.63, 3.8) is 0 Å². The summed E-state index contributed by atoms with van der Waals surface area (Å²) in [5, 5.41) is 5.97. The largest absolute Gasteiger partial charge is 0.345 e. The van der Waals surface area contributed by atoms with Crippen LogP contribution in [0.15, 0.2) is 103 Å². The van der Waals surface area contributed by atoms with Crippen LogP contribution < -0.4 is 5.32 Å². The number of hydrogen-bond acceptors (Lipinski definition) is 2. The maximum atomic E-state index is 13.3. The Bertz CT molecular complexity index is 1150. The van der Waals surface area contributed by atoms with E-state index in [1.807, 2.05) is 36.4 Å². The molecule has 1 aliphatic rings. The van der Waals surface area contributed by atoms with Crippen LogP contribution in [0.1, 0.15) is 35.6 Å². The molecule has 166 valence electrons. The number of piperidine rings is 1. The quantitative estimate of drug-likeness (QED) is 0.406. The lowest BCUT2D eigenvalue weighted by Crippen LogP contribution is -2.41. The van der Waals surface area contributed by atoms with Gasteiger partial charge in [-0.1, -0.05) is 103 Å². The molecular weight excluding hydrogens is 404 g/mol. The highest BCUT2D eigenvalue weighted by molar-refractivity contribution is 5.85. The Morgan fingerprint density at radius 1 is 0.758 bits per heavy atom. The number of hydrogen-bond donors (Lipinski definition) is 1. The topological polar surface area (TPSA) is 32.3 Å². The van der Waals surface area contributed by atoms with Crippen molar-refractivity contribution in [1.29, 1.82) is 0 Å². The first-order valence-corrected chi connectivity index (χ1v) is 11.9. The minimum absolute atomic E-state index is 0.0590. The number of benzene rings is 4. The average molecular weight is 435 g/mol. The molecule has 0 spiro atoms. The van der Waals surface area contributed by atoms with E-state index in [0.717, 1.165) is 43.6 Å². The molecule has 0 aliphatic carbocycles. The van der Waals surface area contributed by atoms with E-state index in [1.54, 1.807) is 0 Å². The zero-order chi connectivity index (χ0) is 22.5. The molecular formula is C30H30N2O. The van der Waals surface area contributed by atoms with Crippen molar-refractivity contribution in [2.24, 2.45) is 5.92 Å².